The third kappa shape index (κ3) is 4.01. The molecule has 0 saturated heterocycles. The van der Waals surface area contributed by atoms with Crippen LogP contribution < -0.4 is 5.32 Å². The summed E-state index contributed by atoms with van der Waals surface area (Å²) in [6.45, 7) is 0.211. The summed E-state index contributed by atoms with van der Waals surface area (Å²) in [5, 5.41) is 11.6. The number of carbonyl (C=O) groups is 2. The topological polar surface area (TPSA) is 66.4 Å². The molecule has 1 aliphatic carbocycles. The van der Waals surface area contributed by atoms with Crippen LogP contribution in [-0.2, 0) is 17.5 Å². The van der Waals surface area contributed by atoms with Gasteiger partial charge in [-0.15, -0.1) is 11.3 Å². The fourth-order valence-electron chi connectivity index (χ4n) is 2.69. The van der Waals surface area contributed by atoms with E-state index in [0.29, 0.717) is 16.9 Å². The van der Waals surface area contributed by atoms with Crippen molar-refractivity contribution in [1.82, 2.24) is 5.32 Å². The Labute approximate surface area is 145 Å². The highest BCUT2D eigenvalue weighted by Gasteiger charge is 2.44. The first-order valence-electron chi connectivity index (χ1n) is 7.52. The lowest BCUT2D eigenvalue weighted by Crippen LogP contribution is -2.24. The maximum absolute atomic E-state index is 12.8. The van der Waals surface area contributed by atoms with E-state index in [-0.39, 0.29) is 29.2 Å². The Morgan fingerprint density at radius 2 is 2.00 bits per heavy atom. The average molecular weight is 369 g/mol. The number of amides is 1. The van der Waals surface area contributed by atoms with Crippen LogP contribution in [0.1, 0.15) is 38.0 Å². The van der Waals surface area contributed by atoms with E-state index in [2.05, 4.69) is 5.32 Å². The fraction of sp³-hybridized carbons (Fsp3) is 0.294. The van der Waals surface area contributed by atoms with Crippen molar-refractivity contribution in [3.8, 4) is 0 Å². The maximum atomic E-state index is 12.8. The lowest BCUT2D eigenvalue weighted by Gasteiger charge is -2.08. The smallest absolute Gasteiger partial charge is 0.416 e. The van der Waals surface area contributed by atoms with Crippen LogP contribution in [0.25, 0.3) is 0 Å². The van der Waals surface area contributed by atoms with Crippen molar-refractivity contribution in [3.05, 3.63) is 57.3 Å². The van der Waals surface area contributed by atoms with Crippen LogP contribution in [0.2, 0.25) is 0 Å². The van der Waals surface area contributed by atoms with Gasteiger partial charge in [0.2, 0.25) is 5.91 Å². The number of rotatable bonds is 5. The second-order valence-electron chi connectivity index (χ2n) is 5.86. The Bertz CT molecular complexity index is 815. The maximum Gasteiger partial charge on any atom is 0.416 e. The van der Waals surface area contributed by atoms with Crippen LogP contribution in [0, 0.1) is 5.92 Å². The van der Waals surface area contributed by atoms with E-state index in [4.69, 9.17) is 5.11 Å². The molecule has 1 aromatic heterocycles. The predicted molar refractivity (Wildman–Crippen MR) is 85.4 cm³/mol. The molecule has 2 unspecified atom stereocenters. The van der Waals surface area contributed by atoms with Gasteiger partial charge < -0.3 is 10.4 Å². The summed E-state index contributed by atoms with van der Waals surface area (Å²) in [5.74, 6) is -1.80. The molecule has 0 bridgehead atoms. The first kappa shape index (κ1) is 17.5. The summed E-state index contributed by atoms with van der Waals surface area (Å²) < 4.78 is 38.3. The molecule has 1 amide bonds. The number of carboxylic acids is 1. The zero-order chi connectivity index (χ0) is 18.2. The molecule has 4 nitrogen and oxygen atoms in total. The Morgan fingerprint density at radius 3 is 2.64 bits per heavy atom. The zero-order valence-corrected chi connectivity index (χ0v) is 13.7. The number of alkyl halides is 3. The Morgan fingerprint density at radius 1 is 1.24 bits per heavy atom. The molecular weight excluding hydrogens is 355 g/mol. The molecule has 1 aliphatic rings. The summed E-state index contributed by atoms with van der Waals surface area (Å²) in [4.78, 5) is 23.9. The highest BCUT2D eigenvalue weighted by atomic mass is 32.1. The summed E-state index contributed by atoms with van der Waals surface area (Å²) in [6.07, 6.45) is -3.89. The van der Waals surface area contributed by atoms with E-state index in [1.54, 1.807) is 12.1 Å². The molecule has 8 heteroatoms. The largest absolute Gasteiger partial charge is 0.477 e. The van der Waals surface area contributed by atoms with Crippen LogP contribution in [0.4, 0.5) is 13.2 Å². The molecule has 2 aromatic rings. The van der Waals surface area contributed by atoms with E-state index in [1.807, 2.05) is 0 Å². The number of hydrogen-bond donors (Lipinski definition) is 2. The van der Waals surface area contributed by atoms with Gasteiger partial charge in [-0.25, -0.2) is 4.79 Å². The number of nitrogens with one attached hydrogen (secondary N) is 1. The monoisotopic (exact) mass is 369 g/mol. The van der Waals surface area contributed by atoms with Crippen LogP contribution in [0.3, 0.4) is 0 Å². The van der Waals surface area contributed by atoms with Crippen molar-refractivity contribution in [2.24, 2.45) is 5.92 Å². The molecule has 1 fully saturated rings. The first-order valence-corrected chi connectivity index (χ1v) is 8.34. The van der Waals surface area contributed by atoms with Crippen LogP contribution in [0.15, 0.2) is 36.4 Å². The fourth-order valence-corrected chi connectivity index (χ4v) is 3.48. The van der Waals surface area contributed by atoms with Crippen molar-refractivity contribution in [2.75, 3.05) is 0 Å². The van der Waals surface area contributed by atoms with E-state index >= 15 is 0 Å². The summed E-state index contributed by atoms with van der Waals surface area (Å²) in [5.41, 5.74) is -0.199. The predicted octanol–water partition coefficient (Wildman–Crippen LogP) is 3.89. The minimum Gasteiger partial charge on any atom is -0.477 e. The third-order valence-corrected chi connectivity index (χ3v) is 5.15. The molecule has 1 heterocycles. The molecule has 1 saturated carbocycles. The van der Waals surface area contributed by atoms with E-state index < -0.39 is 17.7 Å². The summed E-state index contributed by atoms with van der Waals surface area (Å²) in [7, 11) is 0. The third-order valence-electron chi connectivity index (χ3n) is 4.08. The van der Waals surface area contributed by atoms with Gasteiger partial charge in [-0.1, -0.05) is 18.2 Å². The number of carboxylic acid groups (broad SMARTS) is 1. The van der Waals surface area contributed by atoms with E-state index in [0.717, 1.165) is 23.5 Å². The van der Waals surface area contributed by atoms with Gasteiger partial charge in [0.25, 0.3) is 0 Å². The SMILES string of the molecule is O=C(O)c1ccc(CNC(=O)C2CC2c2cccc(C(F)(F)F)c2)s1. The van der Waals surface area contributed by atoms with Crippen molar-refractivity contribution in [3.63, 3.8) is 0 Å². The van der Waals surface area contributed by atoms with Crippen LogP contribution in [-0.4, -0.2) is 17.0 Å². The number of thiophene rings is 1. The van der Waals surface area contributed by atoms with E-state index in [9.17, 15) is 22.8 Å². The van der Waals surface area contributed by atoms with Crippen molar-refractivity contribution >= 4 is 23.2 Å². The zero-order valence-electron chi connectivity index (χ0n) is 12.8. The molecule has 1 aromatic carbocycles. The van der Waals surface area contributed by atoms with Gasteiger partial charge in [0.05, 0.1) is 12.1 Å². The Balaban J connectivity index is 1.58. The van der Waals surface area contributed by atoms with Crippen LogP contribution in [0.5, 0.6) is 0 Å². The summed E-state index contributed by atoms with van der Waals surface area (Å²) in [6, 6.07) is 8.16. The minimum absolute atomic E-state index is 0.192. The number of hydrogen-bond acceptors (Lipinski definition) is 3. The average Bonchev–Trinajstić information content (AvgIpc) is 3.22. The van der Waals surface area contributed by atoms with Gasteiger partial charge in [-0.3, -0.25) is 4.79 Å². The second-order valence-corrected chi connectivity index (χ2v) is 7.03. The molecule has 2 N–H and O–H groups in total. The van der Waals surface area contributed by atoms with Gasteiger partial charge in [0, 0.05) is 10.8 Å². The highest BCUT2D eigenvalue weighted by molar-refractivity contribution is 7.13. The number of carbonyl (C=O) groups excluding carboxylic acids is 1. The minimum atomic E-state index is -4.40. The van der Waals surface area contributed by atoms with E-state index in [1.165, 1.54) is 12.1 Å². The summed E-state index contributed by atoms with van der Waals surface area (Å²) >= 11 is 1.08. The van der Waals surface area contributed by atoms with Gasteiger partial charge in [-0.05, 0) is 36.1 Å². The van der Waals surface area contributed by atoms with Gasteiger partial charge >= 0.3 is 12.1 Å². The van der Waals surface area contributed by atoms with Gasteiger partial charge in [0.15, 0.2) is 0 Å². The van der Waals surface area contributed by atoms with Gasteiger partial charge in [0.1, 0.15) is 4.88 Å². The van der Waals surface area contributed by atoms with Crippen molar-refractivity contribution in [2.45, 2.75) is 25.1 Å². The Kier molecular flexibility index (Phi) is 4.55. The van der Waals surface area contributed by atoms with Crippen molar-refractivity contribution < 1.29 is 27.9 Å². The second kappa shape index (κ2) is 6.51. The van der Waals surface area contributed by atoms with Crippen molar-refractivity contribution in [1.29, 1.82) is 0 Å². The molecule has 0 spiro atoms. The quantitative estimate of drug-likeness (QED) is 0.840. The lowest BCUT2D eigenvalue weighted by atomic mass is 10.1. The lowest BCUT2D eigenvalue weighted by molar-refractivity contribution is -0.137. The molecule has 25 heavy (non-hydrogen) atoms. The molecule has 0 aliphatic heterocycles. The highest BCUT2D eigenvalue weighted by Crippen LogP contribution is 2.48. The molecule has 2 atom stereocenters. The molecular formula is C17H14F3NO3S. The number of benzene rings is 1. The number of aromatic carboxylic acids is 1. The molecule has 0 radical (unpaired) electrons. The Hall–Kier alpha value is -2.35. The molecule has 3 rings (SSSR count). The van der Waals surface area contributed by atoms with Gasteiger partial charge in [-0.2, -0.15) is 13.2 Å². The van der Waals surface area contributed by atoms with Crippen LogP contribution >= 0.6 is 11.3 Å². The number of halogens is 3. The standard InChI is InChI=1S/C17H14F3NO3S/c18-17(19,20)10-3-1-2-9(6-10)12-7-13(12)15(22)21-8-11-4-5-14(25-11)16(23)24/h1-6,12-13H,7-8H2,(H,21,22)(H,23,24). The normalized spacial score (nSPS) is 19.5. The molecule has 132 valence electrons. The first-order chi connectivity index (χ1) is 11.8.